The summed E-state index contributed by atoms with van der Waals surface area (Å²) in [6, 6.07) is 7.56. The fourth-order valence-electron chi connectivity index (χ4n) is 3.76. The van der Waals surface area contributed by atoms with Gasteiger partial charge < -0.3 is 0 Å². The Morgan fingerprint density at radius 1 is 1.12 bits per heavy atom. The van der Waals surface area contributed by atoms with Crippen LogP contribution in [0.2, 0.25) is 19.6 Å². The molecule has 0 aromatic heterocycles. The van der Waals surface area contributed by atoms with Crippen molar-refractivity contribution < 1.29 is 1.37 Å². The van der Waals surface area contributed by atoms with Gasteiger partial charge in [-0.1, -0.05) is 55.5 Å². The van der Waals surface area contributed by atoms with Crippen molar-refractivity contribution in [3.63, 3.8) is 0 Å². The summed E-state index contributed by atoms with van der Waals surface area (Å²) in [6.45, 7) is 7.08. The van der Waals surface area contributed by atoms with Crippen LogP contribution in [0.25, 0.3) is 0 Å². The van der Waals surface area contributed by atoms with E-state index in [2.05, 4.69) is 37.8 Å². The van der Waals surface area contributed by atoms with Gasteiger partial charge in [-0.15, -0.1) is 0 Å². The van der Waals surface area contributed by atoms with Gasteiger partial charge in [-0.25, -0.2) is 0 Å². The molecule has 0 N–H and O–H groups in total. The van der Waals surface area contributed by atoms with Crippen LogP contribution < -0.4 is 5.19 Å². The SMILES string of the molecule is [2H]c1cc([Si](C)(C)C)ccc1[C@@H]1C[C@H]2CC[C@@H]1C2. The Bertz CT molecular complexity index is 461. The standard InChI is InChI=1S/C16H24Si/c1-17(2,3)15-8-6-13(7-9-15)16-11-12-4-5-14(16)10-12/h6-9,12,14,16H,4-5,10-11H2,1-3H3/t12-,14+,16-/m0/s1/i6D. The molecule has 1 aromatic carbocycles. The van der Waals surface area contributed by atoms with Gasteiger partial charge in [0, 0.05) is 0 Å². The molecule has 0 saturated heterocycles. The minimum absolute atomic E-state index is 0.701. The molecule has 2 bridgehead atoms. The van der Waals surface area contributed by atoms with Gasteiger partial charge in [0.25, 0.3) is 0 Å². The largest absolute Gasteiger partial charge is 0.0775 e. The summed E-state index contributed by atoms with van der Waals surface area (Å²) in [5.41, 5.74) is 1.34. The second kappa shape index (κ2) is 3.98. The van der Waals surface area contributed by atoms with Crippen LogP contribution >= 0.6 is 0 Å². The first-order valence-electron chi connectivity index (χ1n) is 7.56. The zero-order valence-corrected chi connectivity index (χ0v) is 12.3. The molecule has 2 fully saturated rings. The second-order valence-corrected chi connectivity index (χ2v) is 12.1. The van der Waals surface area contributed by atoms with Crippen molar-refractivity contribution >= 4 is 13.3 Å². The minimum atomic E-state index is -1.26. The molecule has 2 aliphatic rings. The van der Waals surface area contributed by atoms with Gasteiger partial charge in [-0.05, 0) is 42.6 Å². The van der Waals surface area contributed by atoms with Crippen molar-refractivity contribution in [2.75, 3.05) is 0 Å². The van der Waals surface area contributed by atoms with E-state index in [4.69, 9.17) is 1.37 Å². The quantitative estimate of drug-likeness (QED) is 0.687. The molecule has 1 heteroatoms. The molecular weight excluding hydrogens is 220 g/mol. The van der Waals surface area contributed by atoms with Gasteiger partial charge in [0.1, 0.15) is 0 Å². The van der Waals surface area contributed by atoms with Gasteiger partial charge in [-0.2, -0.15) is 0 Å². The van der Waals surface area contributed by atoms with Crippen LogP contribution in [-0.2, 0) is 0 Å². The van der Waals surface area contributed by atoms with Crippen LogP contribution in [0.5, 0.6) is 0 Å². The summed E-state index contributed by atoms with van der Waals surface area (Å²) in [5.74, 6) is 2.56. The molecule has 92 valence electrons. The third-order valence-electron chi connectivity index (χ3n) is 4.84. The average Bonchev–Trinajstić information content (AvgIpc) is 2.89. The lowest BCUT2D eigenvalue weighted by Gasteiger charge is -2.23. The van der Waals surface area contributed by atoms with Crippen LogP contribution in [0.3, 0.4) is 0 Å². The summed E-state index contributed by atoms with van der Waals surface area (Å²) in [6.07, 6.45) is 5.63. The van der Waals surface area contributed by atoms with E-state index in [0.717, 1.165) is 17.9 Å². The molecule has 0 amide bonds. The highest BCUT2D eigenvalue weighted by Gasteiger charge is 2.39. The molecule has 0 radical (unpaired) electrons. The fourth-order valence-corrected chi connectivity index (χ4v) is 4.85. The van der Waals surface area contributed by atoms with Crippen LogP contribution in [0, 0.1) is 11.8 Å². The molecule has 0 aliphatic heterocycles. The fraction of sp³-hybridized carbons (Fsp3) is 0.625. The smallest absolute Gasteiger partial charge is 0.0656 e. The average molecular weight is 245 g/mol. The van der Waals surface area contributed by atoms with Crippen LogP contribution in [0.15, 0.2) is 24.2 Å². The molecule has 0 unspecified atom stereocenters. The molecule has 3 rings (SSSR count). The van der Waals surface area contributed by atoms with Gasteiger partial charge in [-0.3, -0.25) is 0 Å². The van der Waals surface area contributed by atoms with E-state index in [-0.39, 0.29) is 0 Å². The van der Waals surface area contributed by atoms with Crippen LogP contribution in [0.1, 0.15) is 38.5 Å². The maximum atomic E-state index is 8.36. The summed E-state index contributed by atoms with van der Waals surface area (Å²) in [7, 11) is -1.26. The van der Waals surface area contributed by atoms with Gasteiger partial charge in [0.15, 0.2) is 0 Å². The minimum Gasteiger partial charge on any atom is -0.0656 e. The lowest BCUT2D eigenvalue weighted by Crippen LogP contribution is -2.37. The Labute approximate surface area is 108 Å². The predicted octanol–water partition coefficient (Wildman–Crippen LogP) is 4.14. The van der Waals surface area contributed by atoms with Crippen molar-refractivity contribution in [1.82, 2.24) is 0 Å². The Kier molecular flexibility index (Phi) is 2.43. The molecular formula is C16H24Si. The third-order valence-corrected chi connectivity index (χ3v) is 6.88. The highest BCUT2D eigenvalue weighted by molar-refractivity contribution is 6.88. The van der Waals surface area contributed by atoms with E-state index in [1.54, 1.807) is 0 Å². The number of benzene rings is 1. The topological polar surface area (TPSA) is 0 Å². The monoisotopic (exact) mass is 245 g/mol. The van der Waals surface area contributed by atoms with E-state index in [1.165, 1.54) is 36.4 Å². The Hall–Kier alpha value is -0.563. The molecule has 0 spiro atoms. The van der Waals surface area contributed by atoms with E-state index in [1.807, 2.05) is 0 Å². The van der Waals surface area contributed by atoms with Crippen molar-refractivity contribution in [3.8, 4) is 0 Å². The maximum absolute atomic E-state index is 8.36. The summed E-state index contributed by atoms with van der Waals surface area (Å²) >= 11 is 0. The molecule has 0 heterocycles. The Morgan fingerprint density at radius 3 is 2.47 bits per heavy atom. The molecule has 2 aliphatic carbocycles. The number of rotatable bonds is 2. The predicted molar refractivity (Wildman–Crippen MR) is 77.6 cm³/mol. The van der Waals surface area contributed by atoms with E-state index < -0.39 is 8.07 Å². The van der Waals surface area contributed by atoms with Gasteiger partial charge in [0.05, 0.1) is 9.44 Å². The summed E-state index contributed by atoms with van der Waals surface area (Å²) in [4.78, 5) is 0. The lowest BCUT2D eigenvalue weighted by molar-refractivity contribution is 0.420. The van der Waals surface area contributed by atoms with Crippen molar-refractivity contribution in [2.45, 2.75) is 51.2 Å². The highest BCUT2D eigenvalue weighted by atomic mass is 28.3. The van der Waals surface area contributed by atoms with Gasteiger partial charge in [0.2, 0.25) is 0 Å². The van der Waals surface area contributed by atoms with Crippen LogP contribution in [0.4, 0.5) is 0 Å². The summed E-state index contributed by atoms with van der Waals surface area (Å²) in [5, 5.41) is 1.43. The van der Waals surface area contributed by atoms with Crippen molar-refractivity contribution in [2.24, 2.45) is 11.8 Å². The lowest BCUT2D eigenvalue weighted by atomic mass is 9.83. The first kappa shape index (κ1) is 10.4. The molecule has 17 heavy (non-hydrogen) atoms. The molecule has 3 atom stereocenters. The zero-order valence-electron chi connectivity index (χ0n) is 12.3. The summed E-state index contributed by atoms with van der Waals surface area (Å²) < 4.78 is 8.36. The maximum Gasteiger partial charge on any atom is 0.0775 e. The molecule has 1 aromatic rings. The van der Waals surface area contributed by atoms with E-state index in [9.17, 15) is 0 Å². The normalized spacial score (nSPS) is 32.9. The molecule has 2 saturated carbocycles. The Morgan fingerprint density at radius 2 is 1.94 bits per heavy atom. The van der Waals surface area contributed by atoms with Crippen LogP contribution in [-0.4, -0.2) is 8.07 Å². The van der Waals surface area contributed by atoms with Gasteiger partial charge >= 0.3 is 0 Å². The van der Waals surface area contributed by atoms with Crippen molar-refractivity contribution in [1.29, 1.82) is 0 Å². The Balaban J connectivity index is 1.90. The number of fused-ring (bicyclic) bond motifs is 2. The number of hydrogen-bond acceptors (Lipinski definition) is 0. The first-order chi connectivity index (χ1) is 8.45. The molecule has 0 nitrogen and oxygen atoms in total. The van der Waals surface area contributed by atoms with E-state index in [0.29, 0.717) is 5.92 Å². The third kappa shape index (κ3) is 2.10. The highest BCUT2D eigenvalue weighted by Crippen LogP contribution is 2.52. The second-order valence-electron chi connectivity index (χ2n) is 7.06. The van der Waals surface area contributed by atoms with Crippen molar-refractivity contribution in [3.05, 3.63) is 29.8 Å². The number of hydrogen-bond donors (Lipinski definition) is 0. The zero-order chi connectivity index (χ0) is 12.9. The first-order valence-corrected chi connectivity index (χ1v) is 10.6. The van der Waals surface area contributed by atoms with E-state index >= 15 is 0 Å².